The lowest BCUT2D eigenvalue weighted by molar-refractivity contribution is -0.127. The fraction of sp³-hybridized carbons (Fsp3) is 0.435. The predicted octanol–water partition coefficient (Wildman–Crippen LogP) is 3.62. The van der Waals surface area contributed by atoms with Crippen molar-refractivity contribution in [3.63, 3.8) is 0 Å². The van der Waals surface area contributed by atoms with Crippen LogP contribution in [-0.2, 0) is 11.3 Å². The molecule has 2 fully saturated rings. The first-order valence-electron chi connectivity index (χ1n) is 10.6. The molecule has 3 aromatic rings. The third-order valence-electron chi connectivity index (χ3n) is 6.18. The summed E-state index contributed by atoms with van der Waals surface area (Å²) in [4.78, 5) is 23.7. The second kappa shape index (κ2) is 7.47. The van der Waals surface area contributed by atoms with Gasteiger partial charge in [0, 0.05) is 25.8 Å². The molecule has 1 spiro atoms. The van der Waals surface area contributed by atoms with Gasteiger partial charge in [-0.3, -0.25) is 4.79 Å². The first-order valence-corrected chi connectivity index (χ1v) is 10.6. The fourth-order valence-corrected chi connectivity index (χ4v) is 4.33. The van der Waals surface area contributed by atoms with E-state index < -0.39 is 5.82 Å². The SMILES string of the molecule is CCCCCn1ccc2cc(-c3ncc(N4CC5(COC5)C4)cn3)c(F)cc2c1=O. The molecular formula is C23H25FN4O2. The summed E-state index contributed by atoms with van der Waals surface area (Å²) in [6.07, 6.45) is 8.36. The van der Waals surface area contributed by atoms with E-state index in [1.807, 2.05) is 6.07 Å². The third-order valence-corrected chi connectivity index (χ3v) is 6.18. The molecule has 156 valence electrons. The van der Waals surface area contributed by atoms with Gasteiger partial charge in [0.15, 0.2) is 5.82 Å². The van der Waals surface area contributed by atoms with Gasteiger partial charge in [-0.25, -0.2) is 14.4 Å². The van der Waals surface area contributed by atoms with Crippen molar-refractivity contribution >= 4 is 16.5 Å². The molecule has 0 bridgehead atoms. The molecule has 30 heavy (non-hydrogen) atoms. The summed E-state index contributed by atoms with van der Waals surface area (Å²) >= 11 is 0. The van der Waals surface area contributed by atoms with E-state index in [0.717, 1.165) is 51.3 Å². The molecule has 7 heteroatoms. The van der Waals surface area contributed by atoms with E-state index in [4.69, 9.17) is 4.74 Å². The molecule has 0 N–H and O–H groups in total. The fourth-order valence-electron chi connectivity index (χ4n) is 4.33. The summed E-state index contributed by atoms with van der Waals surface area (Å²) in [6, 6.07) is 4.85. The zero-order chi connectivity index (χ0) is 20.7. The van der Waals surface area contributed by atoms with Gasteiger partial charge in [0.25, 0.3) is 5.56 Å². The Bertz CT molecular complexity index is 1130. The topological polar surface area (TPSA) is 60.3 Å². The Hall–Kier alpha value is -2.80. The van der Waals surface area contributed by atoms with E-state index in [-0.39, 0.29) is 5.56 Å². The normalized spacial score (nSPS) is 17.2. The number of rotatable bonds is 6. The molecule has 0 radical (unpaired) electrons. The average molecular weight is 408 g/mol. The van der Waals surface area contributed by atoms with Gasteiger partial charge in [0.1, 0.15) is 5.82 Å². The quantitative estimate of drug-likeness (QED) is 0.583. The van der Waals surface area contributed by atoms with E-state index in [1.54, 1.807) is 29.2 Å². The van der Waals surface area contributed by atoms with Gasteiger partial charge in [-0.15, -0.1) is 0 Å². The van der Waals surface area contributed by atoms with Crippen LogP contribution in [-0.4, -0.2) is 40.8 Å². The highest BCUT2D eigenvalue weighted by atomic mass is 19.1. The van der Waals surface area contributed by atoms with Crippen molar-refractivity contribution in [3.05, 3.63) is 53.0 Å². The van der Waals surface area contributed by atoms with Crippen molar-refractivity contribution in [2.75, 3.05) is 31.2 Å². The largest absolute Gasteiger partial charge is 0.380 e. The number of benzene rings is 1. The second-order valence-corrected chi connectivity index (χ2v) is 8.55. The third kappa shape index (κ3) is 3.27. The highest BCUT2D eigenvalue weighted by molar-refractivity contribution is 5.86. The van der Waals surface area contributed by atoms with E-state index in [1.165, 1.54) is 6.07 Å². The lowest BCUT2D eigenvalue weighted by Crippen LogP contribution is -2.66. The molecule has 0 unspecified atom stereocenters. The van der Waals surface area contributed by atoms with Crippen molar-refractivity contribution in [1.29, 1.82) is 0 Å². The average Bonchev–Trinajstić information content (AvgIpc) is 2.68. The van der Waals surface area contributed by atoms with Gasteiger partial charge in [-0.1, -0.05) is 19.8 Å². The number of pyridine rings is 1. The van der Waals surface area contributed by atoms with E-state index in [9.17, 15) is 9.18 Å². The number of unbranched alkanes of at least 4 members (excludes halogenated alkanes) is 2. The summed E-state index contributed by atoms with van der Waals surface area (Å²) in [5.74, 6) is -0.152. The highest BCUT2D eigenvalue weighted by Crippen LogP contribution is 2.40. The molecule has 2 saturated heterocycles. The predicted molar refractivity (Wildman–Crippen MR) is 114 cm³/mol. The van der Waals surface area contributed by atoms with E-state index in [2.05, 4.69) is 21.8 Å². The van der Waals surface area contributed by atoms with E-state index >= 15 is 0 Å². The number of fused-ring (bicyclic) bond motifs is 1. The Balaban J connectivity index is 1.39. The molecule has 6 nitrogen and oxygen atoms in total. The van der Waals surface area contributed by atoms with Crippen molar-refractivity contribution in [3.8, 4) is 11.4 Å². The zero-order valence-electron chi connectivity index (χ0n) is 17.1. The molecule has 0 aliphatic carbocycles. The summed E-state index contributed by atoms with van der Waals surface area (Å²) in [6.45, 7) is 6.32. The minimum Gasteiger partial charge on any atom is -0.380 e. The number of aromatic nitrogens is 3. The number of ether oxygens (including phenoxy) is 1. The van der Waals surface area contributed by atoms with Crippen LogP contribution in [0.5, 0.6) is 0 Å². The summed E-state index contributed by atoms with van der Waals surface area (Å²) in [5, 5.41) is 1.09. The monoisotopic (exact) mass is 408 g/mol. The van der Waals surface area contributed by atoms with Crippen LogP contribution in [0.4, 0.5) is 10.1 Å². The Labute approximate surface area is 174 Å². The molecule has 2 aromatic heterocycles. The van der Waals surface area contributed by atoms with E-state index in [0.29, 0.717) is 34.1 Å². The molecule has 1 aromatic carbocycles. The van der Waals surface area contributed by atoms with Crippen molar-refractivity contribution in [2.45, 2.75) is 32.7 Å². The Morgan fingerprint density at radius 2 is 1.93 bits per heavy atom. The molecule has 0 saturated carbocycles. The number of hydrogen-bond donors (Lipinski definition) is 0. The summed E-state index contributed by atoms with van der Waals surface area (Å²) in [7, 11) is 0. The maximum atomic E-state index is 14.9. The Morgan fingerprint density at radius 3 is 2.60 bits per heavy atom. The standard InChI is InChI=1S/C23H25FN4O2/c1-2-3-4-6-27-7-5-16-8-19(20(24)9-18(16)22(27)29)21-25-10-17(11-26-21)28-12-23(13-28)14-30-15-23/h5,7-11H,2-4,6,12-15H2,1H3. The minimum absolute atomic E-state index is 0.156. The molecule has 2 aliphatic rings. The minimum atomic E-state index is -0.479. The van der Waals surface area contributed by atoms with Crippen molar-refractivity contribution in [1.82, 2.24) is 14.5 Å². The van der Waals surface area contributed by atoms with Crippen LogP contribution in [0.3, 0.4) is 0 Å². The maximum Gasteiger partial charge on any atom is 0.258 e. The first kappa shape index (κ1) is 19.2. The van der Waals surface area contributed by atoms with Gasteiger partial charge in [-0.05, 0) is 30.0 Å². The number of anilines is 1. The maximum absolute atomic E-state index is 14.9. The summed E-state index contributed by atoms with van der Waals surface area (Å²) < 4.78 is 21.8. The van der Waals surface area contributed by atoms with Crippen LogP contribution >= 0.6 is 0 Å². The van der Waals surface area contributed by atoms with Crippen LogP contribution in [0.15, 0.2) is 41.6 Å². The molecular weight excluding hydrogens is 383 g/mol. The lowest BCUT2D eigenvalue weighted by atomic mass is 9.78. The number of hydrogen-bond acceptors (Lipinski definition) is 5. The Morgan fingerprint density at radius 1 is 1.17 bits per heavy atom. The van der Waals surface area contributed by atoms with Crippen LogP contribution in [0, 0.1) is 11.2 Å². The van der Waals surface area contributed by atoms with Crippen LogP contribution in [0.1, 0.15) is 26.2 Å². The van der Waals surface area contributed by atoms with Gasteiger partial charge < -0.3 is 14.2 Å². The second-order valence-electron chi connectivity index (χ2n) is 8.55. The molecule has 4 heterocycles. The summed E-state index contributed by atoms with van der Waals surface area (Å²) in [5.41, 5.74) is 1.40. The smallest absolute Gasteiger partial charge is 0.258 e. The lowest BCUT2D eigenvalue weighted by Gasteiger charge is -2.55. The molecule has 0 amide bonds. The number of aryl methyl sites for hydroxylation is 1. The first-order chi connectivity index (χ1) is 14.6. The van der Waals surface area contributed by atoms with Gasteiger partial charge in [0.2, 0.25) is 0 Å². The van der Waals surface area contributed by atoms with Gasteiger partial charge >= 0.3 is 0 Å². The zero-order valence-corrected chi connectivity index (χ0v) is 17.1. The molecule has 2 aliphatic heterocycles. The van der Waals surface area contributed by atoms with Crippen LogP contribution in [0.2, 0.25) is 0 Å². The highest BCUT2D eigenvalue weighted by Gasteiger charge is 2.49. The van der Waals surface area contributed by atoms with Gasteiger partial charge in [0.05, 0.1) is 47.7 Å². The number of halogens is 1. The Kier molecular flexibility index (Phi) is 4.77. The van der Waals surface area contributed by atoms with Crippen molar-refractivity contribution in [2.24, 2.45) is 5.41 Å². The van der Waals surface area contributed by atoms with Crippen LogP contribution in [0.25, 0.3) is 22.2 Å². The molecule has 5 rings (SSSR count). The van der Waals surface area contributed by atoms with Crippen LogP contribution < -0.4 is 10.5 Å². The van der Waals surface area contributed by atoms with Gasteiger partial charge in [-0.2, -0.15) is 0 Å². The van der Waals surface area contributed by atoms with Crippen molar-refractivity contribution < 1.29 is 9.13 Å². The molecule has 0 atom stereocenters. The number of nitrogens with zero attached hydrogens (tertiary/aromatic N) is 4.